The number of Topliss-reactive ketones (excluding diaryl/α,β-unsaturated/α-hetero) is 1. The summed E-state index contributed by atoms with van der Waals surface area (Å²) in [7, 11) is 0. The zero-order chi connectivity index (χ0) is 22.5. The monoisotopic (exact) mass is 432 g/mol. The lowest BCUT2D eigenvalue weighted by Gasteiger charge is -2.32. The van der Waals surface area contributed by atoms with E-state index in [0.717, 1.165) is 63.0 Å². The van der Waals surface area contributed by atoms with Gasteiger partial charge in [-0.1, -0.05) is 50.2 Å². The number of rotatable bonds is 9. The number of likely N-dealkylation sites (tertiary alicyclic amines) is 1. The number of anilines is 1. The summed E-state index contributed by atoms with van der Waals surface area (Å²) in [5.41, 5.74) is 4.38. The number of nitrogens with zero attached hydrogens (tertiary/aromatic N) is 1. The zero-order valence-electron chi connectivity index (χ0n) is 19.5. The molecule has 1 saturated carbocycles. The Labute approximate surface area is 192 Å². The Morgan fingerprint density at radius 3 is 2.38 bits per heavy atom. The van der Waals surface area contributed by atoms with E-state index >= 15 is 0 Å². The molecule has 32 heavy (non-hydrogen) atoms. The minimum atomic E-state index is 0.169. The summed E-state index contributed by atoms with van der Waals surface area (Å²) in [5, 5.41) is 3.07. The number of hydrogen-bond donors (Lipinski definition) is 1. The van der Waals surface area contributed by atoms with Gasteiger partial charge in [-0.25, -0.2) is 0 Å². The third-order valence-corrected chi connectivity index (χ3v) is 6.94. The molecule has 4 rings (SSSR count). The first-order chi connectivity index (χ1) is 15.5. The molecule has 0 aromatic heterocycles. The highest BCUT2D eigenvalue weighted by Crippen LogP contribution is 2.32. The maximum atomic E-state index is 12.5. The lowest BCUT2D eigenvalue weighted by Crippen LogP contribution is -2.33. The summed E-state index contributed by atoms with van der Waals surface area (Å²) in [6, 6.07) is 16.5. The second-order valence-electron chi connectivity index (χ2n) is 9.81. The fourth-order valence-corrected chi connectivity index (χ4v) is 4.61. The van der Waals surface area contributed by atoms with Crippen LogP contribution >= 0.6 is 0 Å². The van der Waals surface area contributed by atoms with Gasteiger partial charge in [-0.2, -0.15) is 0 Å². The minimum absolute atomic E-state index is 0.169. The molecule has 1 aliphatic carbocycles. The zero-order valence-corrected chi connectivity index (χ0v) is 19.5. The van der Waals surface area contributed by atoms with Crippen molar-refractivity contribution in [3.63, 3.8) is 0 Å². The van der Waals surface area contributed by atoms with Gasteiger partial charge in [0.2, 0.25) is 5.91 Å². The van der Waals surface area contributed by atoms with Crippen molar-refractivity contribution in [3.05, 3.63) is 65.2 Å². The Kier molecular flexibility index (Phi) is 7.41. The summed E-state index contributed by atoms with van der Waals surface area (Å²) in [6.45, 7) is 7.47. The number of carbonyl (C=O) groups is 2. The molecular formula is C28H36N2O2. The number of ketones is 1. The second-order valence-corrected chi connectivity index (χ2v) is 9.81. The van der Waals surface area contributed by atoms with Crippen molar-refractivity contribution in [2.75, 3.05) is 25.0 Å². The van der Waals surface area contributed by atoms with Crippen molar-refractivity contribution in [1.29, 1.82) is 0 Å². The fourth-order valence-electron chi connectivity index (χ4n) is 4.61. The maximum Gasteiger partial charge on any atom is 0.227 e. The van der Waals surface area contributed by atoms with Crippen LogP contribution in [0, 0.1) is 5.92 Å². The summed E-state index contributed by atoms with van der Waals surface area (Å²) < 4.78 is 0. The molecule has 0 spiro atoms. The molecule has 0 radical (unpaired) electrons. The summed E-state index contributed by atoms with van der Waals surface area (Å²) >= 11 is 0. The van der Waals surface area contributed by atoms with Crippen LogP contribution in [0.3, 0.4) is 0 Å². The Bertz CT molecular complexity index is 923. The molecule has 1 N–H and O–H groups in total. The fraction of sp³-hybridized carbons (Fsp3) is 0.500. The largest absolute Gasteiger partial charge is 0.326 e. The standard InChI is InChI=1S/C28H36N2O2/c1-20(2)21-8-10-23(11-9-21)27(31)7-4-16-30-17-14-22(15-18-30)25-5-3-6-26(19-25)29-28(32)24-12-13-24/h3,5-6,8-11,19-20,22,24H,4,7,12-18H2,1-2H3,(H,29,32). The second kappa shape index (κ2) is 10.4. The highest BCUT2D eigenvalue weighted by Gasteiger charge is 2.29. The van der Waals surface area contributed by atoms with E-state index in [1.54, 1.807) is 0 Å². The molecule has 4 nitrogen and oxygen atoms in total. The van der Waals surface area contributed by atoms with Crippen molar-refractivity contribution < 1.29 is 9.59 Å². The van der Waals surface area contributed by atoms with Crippen molar-refractivity contribution in [1.82, 2.24) is 4.90 Å². The Morgan fingerprint density at radius 2 is 1.72 bits per heavy atom. The van der Waals surface area contributed by atoms with Crippen LogP contribution in [-0.2, 0) is 4.79 Å². The Morgan fingerprint density at radius 1 is 1.00 bits per heavy atom. The number of carbonyl (C=O) groups excluding carboxylic acids is 2. The minimum Gasteiger partial charge on any atom is -0.326 e. The first-order valence-electron chi connectivity index (χ1n) is 12.3. The molecule has 1 heterocycles. The van der Waals surface area contributed by atoms with Crippen molar-refractivity contribution in [2.45, 2.75) is 64.2 Å². The van der Waals surface area contributed by atoms with Gasteiger partial charge < -0.3 is 10.2 Å². The molecule has 0 bridgehead atoms. The van der Waals surface area contributed by atoms with Crippen molar-refractivity contribution in [3.8, 4) is 0 Å². The summed E-state index contributed by atoms with van der Waals surface area (Å²) in [4.78, 5) is 27.0. The van der Waals surface area contributed by atoms with Crippen LogP contribution in [0.4, 0.5) is 5.69 Å². The smallest absolute Gasteiger partial charge is 0.227 e. The highest BCUT2D eigenvalue weighted by atomic mass is 16.2. The first kappa shape index (κ1) is 22.7. The molecule has 0 atom stereocenters. The molecule has 2 aliphatic rings. The predicted octanol–water partition coefficient (Wildman–Crippen LogP) is 6.00. The summed E-state index contributed by atoms with van der Waals surface area (Å²) in [6.07, 6.45) is 5.84. The normalized spacial score (nSPS) is 17.5. The first-order valence-corrected chi connectivity index (χ1v) is 12.3. The van der Waals surface area contributed by atoms with Gasteiger partial charge in [0, 0.05) is 23.6 Å². The van der Waals surface area contributed by atoms with Crippen molar-refractivity contribution >= 4 is 17.4 Å². The molecule has 170 valence electrons. The summed E-state index contributed by atoms with van der Waals surface area (Å²) in [5.74, 6) is 1.69. The molecule has 1 amide bonds. The van der Waals surface area contributed by atoms with E-state index in [1.807, 2.05) is 18.2 Å². The van der Waals surface area contributed by atoms with Crippen LogP contribution in [0.25, 0.3) is 0 Å². The highest BCUT2D eigenvalue weighted by molar-refractivity contribution is 5.96. The number of nitrogens with one attached hydrogen (secondary N) is 1. The van der Waals surface area contributed by atoms with Gasteiger partial charge in [-0.05, 0) is 86.8 Å². The average Bonchev–Trinajstić information content (AvgIpc) is 3.65. The van der Waals surface area contributed by atoms with E-state index < -0.39 is 0 Å². The van der Waals surface area contributed by atoms with E-state index in [0.29, 0.717) is 18.3 Å². The Balaban J connectivity index is 1.19. The number of amides is 1. The van der Waals surface area contributed by atoms with Crippen LogP contribution in [0.5, 0.6) is 0 Å². The Hall–Kier alpha value is -2.46. The lowest BCUT2D eigenvalue weighted by atomic mass is 9.89. The number of benzene rings is 2. The molecule has 1 aliphatic heterocycles. The predicted molar refractivity (Wildman–Crippen MR) is 130 cm³/mol. The maximum absolute atomic E-state index is 12.5. The quantitative estimate of drug-likeness (QED) is 0.494. The van der Waals surface area contributed by atoms with Crippen molar-refractivity contribution in [2.24, 2.45) is 5.92 Å². The molecule has 1 saturated heterocycles. The van der Waals surface area contributed by atoms with Crippen LogP contribution in [-0.4, -0.2) is 36.2 Å². The van der Waals surface area contributed by atoms with Gasteiger partial charge in [0.05, 0.1) is 0 Å². The van der Waals surface area contributed by atoms with E-state index in [-0.39, 0.29) is 17.6 Å². The topological polar surface area (TPSA) is 49.4 Å². The van der Waals surface area contributed by atoms with Crippen LogP contribution < -0.4 is 5.32 Å². The average molecular weight is 433 g/mol. The van der Waals surface area contributed by atoms with E-state index in [2.05, 4.69) is 54.4 Å². The van der Waals surface area contributed by atoms with Gasteiger partial charge >= 0.3 is 0 Å². The van der Waals surface area contributed by atoms with Gasteiger partial charge in [0.25, 0.3) is 0 Å². The van der Waals surface area contributed by atoms with Crippen LogP contribution in [0.2, 0.25) is 0 Å². The molecule has 4 heteroatoms. The SMILES string of the molecule is CC(C)c1ccc(C(=O)CCCN2CCC(c3cccc(NC(=O)C4CC4)c3)CC2)cc1. The third-order valence-electron chi connectivity index (χ3n) is 6.94. The van der Waals surface area contributed by atoms with Gasteiger partial charge in [-0.15, -0.1) is 0 Å². The van der Waals surface area contributed by atoms with E-state index in [1.165, 1.54) is 11.1 Å². The van der Waals surface area contributed by atoms with Gasteiger partial charge in [0.1, 0.15) is 0 Å². The number of hydrogen-bond acceptors (Lipinski definition) is 3. The molecule has 2 fully saturated rings. The van der Waals surface area contributed by atoms with Gasteiger partial charge in [-0.3, -0.25) is 9.59 Å². The molecule has 0 unspecified atom stereocenters. The van der Waals surface area contributed by atoms with E-state index in [9.17, 15) is 9.59 Å². The van der Waals surface area contributed by atoms with Crippen LogP contribution in [0.1, 0.15) is 85.7 Å². The van der Waals surface area contributed by atoms with Crippen LogP contribution in [0.15, 0.2) is 48.5 Å². The number of piperidine rings is 1. The van der Waals surface area contributed by atoms with Gasteiger partial charge in [0.15, 0.2) is 5.78 Å². The third kappa shape index (κ3) is 6.07. The lowest BCUT2D eigenvalue weighted by molar-refractivity contribution is -0.117. The molecule has 2 aromatic carbocycles. The molecular weight excluding hydrogens is 396 g/mol. The molecule has 2 aromatic rings. The van der Waals surface area contributed by atoms with E-state index in [4.69, 9.17) is 0 Å².